The maximum Gasteiger partial charge on any atom is 0.321 e. The normalized spacial score (nSPS) is 19.9. The molecule has 0 saturated carbocycles. The summed E-state index contributed by atoms with van der Waals surface area (Å²) < 4.78 is 0. The lowest BCUT2D eigenvalue weighted by Crippen LogP contribution is -2.33. The zero-order valence-corrected chi connectivity index (χ0v) is 9.44. The Labute approximate surface area is 98.8 Å². The lowest BCUT2D eigenvalue weighted by Gasteiger charge is -2.16. The van der Waals surface area contributed by atoms with E-state index in [1.165, 1.54) is 0 Å². The van der Waals surface area contributed by atoms with Crippen molar-refractivity contribution in [2.75, 3.05) is 18.4 Å². The number of hydrogen-bond donors (Lipinski definition) is 2. The van der Waals surface area contributed by atoms with Crippen molar-refractivity contribution in [2.24, 2.45) is 0 Å². The molecule has 1 heterocycles. The van der Waals surface area contributed by atoms with Gasteiger partial charge in [0.15, 0.2) is 0 Å². The number of benzene rings is 1. The maximum absolute atomic E-state index is 11.7. The molecule has 2 N–H and O–H groups in total. The fourth-order valence-corrected chi connectivity index (χ4v) is 1.79. The van der Waals surface area contributed by atoms with Crippen LogP contribution in [-0.2, 0) is 0 Å². The first-order chi connectivity index (χ1) is 7.65. The highest BCUT2D eigenvalue weighted by atomic mass is 35.5. The number of urea groups is 1. The summed E-state index contributed by atoms with van der Waals surface area (Å²) in [6.45, 7) is 1.00. The summed E-state index contributed by atoms with van der Waals surface area (Å²) in [5.74, 6) is 0. The molecule has 2 amide bonds. The summed E-state index contributed by atoms with van der Waals surface area (Å²) in [5.41, 5.74) is 0.704. The number of hydrogen-bond acceptors (Lipinski definition) is 2. The van der Waals surface area contributed by atoms with Crippen molar-refractivity contribution in [3.63, 3.8) is 0 Å². The van der Waals surface area contributed by atoms with Gasteiger partial charge in [0, 0.05) is 23.8 Å². The van der Waals surface area contributed by atoms with Crippen LogP contribution in [0.3, 0.4) is 0 Å². The fourth-order valence-electron chi connectivity index (χ4n) is 1.66. The molecule has 0 radical (unpaired) electrons. The number of carbonyl (C=O) groups is 1. The number of anilines is 1. The largest absolute Gasteiger partial charge is 0.391 e. The number of carbonyl (C=O) groups excluding carboxylic acids is 1. The summed E-state index contributed by atoms with van der Waals surface area (Å²) >= 11 is 5.74. The lowest BCUT2D eigenvalue weighted by atomic mass is 10.3. The van der Waals surface area contributed by atoms with Gasteiger partial charge in [-0.05, 0) is 30.7 Å². The molecular formula is C11H13ClN2O2. The summed E-state index contributed by atoms with van der Waals surface area (Å²) in [4.78, 5) is 13.3. The van der Waals surface area contributed by atoms with Crippen molar-refractivity contribution in [3.05, 3.63) is 29.3 Å². The molecule has 1 unspecified atom stereocenters. The van der Waals surface area contributed by atoms with Crippen LogP contribution in [0.5, 0.6) is 0 Å². The van der Waals surface area contributed by atoms with Crippen LogP contribution in [0, 0.1) is 0 Å². The van der Waals surface area contributed by atoms with Crippen LogP contribution in [0.1, 0.15) is 6.42 Å². The van der Waals surface area contributed by atoms with Gasteiger partial charge in [-0.25, -0.2) is 4.79 Å². The molecule has 5 heteroatoms. The molecule has 2 rings (SSSR count). The number of rotatable bonds is 1. The molecule has 1 aliphatic heterocycles. The Morgan fingerprint density at radius 2 is 2.12 bits per heavy atom. The Hall–Kier alpha value is -1.26. The molecule has 1 fully saturated rings. The molecular weight excluding hydrogens is 228 g/mol. The van der Waals surface area contributed by atoms with Gasteiger partial charge in [-0.15, -0.1) is 0 Å². The predicted molar refractivity (Wildman–Crippen MR) is 62.7 cm³/mol. The average Bonchev–Trinajstić information content (AvgIpc) is 2.68. The van der Waals surface area contributed by atoms with Crippen LogP contribution in [0.25, 0.3) is 0 Å². The Kier molecular flexibility index (Phi) is 3.31. The molecule has 1 aromatic carbocycles. The molecule has 1 saturated heterocycles. The number of aliphatic hydroxyl groups excluding tert-OH is 1. The van der Waals surface area contributed by atoms with Gasteiger partial charge < -0.3 is 15.3 Å². The van der Waals surface area contributed by atoms with E-state index >= 15 is 0 Å². The highest BCUT2D eigenvalue weighted by molar-refractivity contribution is 6.30. The quantitative estimate of drug-likeness (QED) is 0.788. The molecule has 0 bridgehead atoms. The smallest absolute Gasteiger partial charge is 0.321 e. The monoisotopic (exact) mass is 240 g/mol. The van der Waals surface area contributed by atoms with Gasteiger partial charge in [0.05, 0.1) is 6.10 Å². The second-order valence-electron chi connectivity index (χ2n) is 3.83. The van der Waals surface area contributed by atoms with Gasteiger partial charge >= 0.3 is 6.03 Å². The van der Waals surface area contributed by atoms with Crippen molar-refractivity contribution >= 4 is 23.3 Å². The lowest BCUT2D eigenvalue weighted by molar-refractivity contribution is 0.176. The summed E-state index contributed by atoms with van der Waals surface area (Å²) in [6, 6.07) is 6.74. The first-order valence-electron chi connectivity index (χ1n) is 5.15. The van der Waals surface area contributed by atoms with E-state index in [1.807, 2.05) is 0 Å². The Morgan fingerprint density at radius 1 is 1.44 bits per heavy atom. The molecule has 86 valence electrons. The molecule has 0 spiro atoms. The second kappa shape index (κ2) is 4.72. The summed E-state index contributed by atoms with van der Waals surface area (Å²) in [5, 5.41) is 12.7. The Balaban J connectivity index is 1.94. The molecule has 1 aromatic rings. The maximum atomic E-state index is 11.7. The summed E-state index contributed by atoms with van der Waals surface area (Å²) in [6.07, 6.45) is 0.254. The highest BCUT2D eigenvalue weighted by Crippen LogP contribution is 2.15. The Morgan fingerprint density at radius 3 is 2.69 bits per heavy atom. The van der Waals surface area contributed by atoms with E-state index in [9.17, 15) is 9.90 Å². The average molecular weight is 241 g/mol. The zero-order chi connectivity index (χ0) is 11.5. The third-order valence-electron chi connectivity index (χ3n) is 2.55. The molecule has 1 aliphatic rings. The third kappa shape index (κ3) is 2.65. The van der Waals surface area contributed by atoms with Crippen molar-refractivity contribution in [1.29, 1.82) is 0 Å². The molecule has 1 atom stereocenters. The van der Waals surface area contributed by atoms with E-state index in [2.05, 4.69) is 5.32 Å². The van der Waals surface area contributed by atoms with E-state index in [4.69, 9.17) is 11.6 Å². The number of aliphatic hydroxyl groups is 1. The zero-order valence-electron chi connectivity index (χ0n) is 8.69. The van der Waals surface area contributed by atoms with Crippen LogP contribution in [0.4, 0.5) is 10.5 Å². The van der Waals surface area contributed by atoms with Crippen LogP contribution in [0.2, 0.25) is 5.02 Å². The third-order valence-corrected chi connectivity index (χ3v) is 2.80. The van der Waals surface area contributed by atoms with Gasteiger partial charge in [-0.2, -0.15) is 0 Å². The van der Waals surface area contributed by atoms with E-state index in [-0.39, 0.29) is 6.03 Å². The Bertz CT molecular complexity index is 380. The number of nitrogens with zero attached hydrogens (tertiary/aromatic N) is 1. The van der Waals surface area contributed by atoms with Crippen LogP contribution in [0.15, 0.2) is 24.3 Å². The minimum absolute atomic E-state index is 0.182. The first kappa shape index (κ1) is 11.2. The van der Waals surface area contributed by atoms with Crippen LogP contribution in [-0.4, -0.2) is 35.2 Å². The number of β-amino-alcohol motifs (C(OH)–C–C–N with tert-alkyl or cyclic N) is 1. The molecule has 0 aliphatic carbocycles. The van der Waals surface area contributed by atoms with Gasteiger partial charge in [-0.3, -0.25) is 0 Å². The molecule has 16 heavy (non-hydrogen) atoms. The van der Waals surface area contributed by atoms with Crippen LogP contribution < -0.4 is 5.32 Å². The van der Waals surface area contributed by atoms with Crippen molar-refractivity contribution in [1.82, 2.24) is 4.90 Å². The minimum atomic E-state index is -0.393. The standard InChI is InChI=1S/C11H13ClN2O2/c12-8-1-3-9(4-2-8)13-11(16)14-6-5-10(15)7-14/h1-4,10,15H,5-7H2,(H,13,16). The highest BCUT2D eigenvalue weighted by Gasteiger charge is 2.24. The van der Waals surface area contributed by atoms with Crippen molar-refractivity contribution < 1.29 is 9.90 Å². The van der Waals surface area contributed by atoms with E-state index in [1.54, 1.807) is 29.2 Å². The van der Waals surface area contributed by atoms with Gasteiger partial charge in [0.1, 0.15) is 0 Å². The van der Waals surface area contributed by atoms with E-state index < -0.39 is 6.10 Å². The second-order valence-corrected chi connectivity index (χ2v) is 4.26. The minimum Gasteiger partial charge on any atom is -0.391 e. The van der Waals surface area contributed by atoms with Gasteiger partial charge in [0.2, 0.25) is 0 Å². The van der Waals surface area contributed by atoms with E-state index in [0.29, 0.717) is 30.2 Å². The van der Waals surface area contributed by atoms with Crippen LogP contribution >= 0.6 is 11.6 Å². The predicted octanol–water partition coefficient (Wildman–Crippen LogP) is 1.94. The fraction of sp³-hybridized carbons (Fsp3) is 0.364. The first-order valence-corrected chi connectivity index (χ1v) is 5.52. The number of likely N-dealkylation sites (tertiary alicyclic amines) is 1. The SMILES string of the molecule is O=C(Nc1ccc(Cl)cc1)N1CCC(O)C1. The van der Waals surface area contributed by atoms with E-state index in [0.717, 1.165) is 0 Å². The number of nitrogens with one attached hydrogen (secondary N) is 1. The molecule has 4 nitrogen and oxygen atoms in total. The van der Waals surface area contributed by atoms with Gasteiger partial charge in [0.25, 0.3) is 0 Å². The van der Waals surface area contributed by atoms with Crippen molar-refractivity contribution in [2.45, 2.75) is 12.5 Å². The van der Waals surface area contributed by atoms with Crippen molar-refractivity contribution in [3.8, 4) is 0 Å². The number of amides is 2. The molecule has 0 aromatic heterocycles. The number of halogens is 1. The summed E-state index contributed by atoms with van der Waals surface area (Å²) in [7, 11) is 0. The topological polar surface area (TPSA) is 52.6 Å². The van der Waals surface area contributed by atoms with Gasteiger partial charge in [-0.1, -0.05) is 11.6 Å².